The van der Waals surface area contributed by atoms with Crippen molar-refractivity contribution in [3.05, 3.63) is 60.8 Å². The van der Waals surface area contributed by atoms with Gasteiger partial charge in [0.15, 0.2) is 6.10 Å². The number of nitrogens with zero attached hydrogens (tertiary/aromatic N) is 1. The minimum Gasteiger partial charge on any atom is -0.756 e. The van der Waals surface area contributed by atoms with Crippen LogP contribution in [0.3, 0.4) is 0 Å². The number of allylic oxidation sites excluding steroid dienone is 9. The van der Waals surface area contributed by atoms with Crippen molar-refractivity contribution in [1.82, 2.24) is 0 Å². The highest BCUT2D eigenvalue weighted by Gasteiger charge is 2.22. The molecular formula is C50H90NO10P. The topological polar surface area (TPSA) is 152 Å². The maximum absolute atomic E-state index is 12.7. The normalized spacial score (nSPS) is 15.0. The number of ether oxygens (including phenoxy) is 2. The quantitative estimate of drug-likeness (QED) is 0.0199. The SMILES string of the molecule is CCCCC/C=C\C/C=C\C/C=C\CC(O)C(O)CCCC(=O)OC[C@H](COP(=O)([O-])OCC[N+](C)(C)C)OC(=O)CCCCCCCCCCC/C=C\C/C=C\CCCCC. The van der Waals surface area contributed by atoms with Crippen molar-refractivity contribution >= 4 is 19.8 Å². The van der Waals surface area contributed by atoms with Crippen LogP contribution in [0.4, 0.5) is 0 Å². The van der Waals surface area contributed by atoms with E-state index in [-0.39, 0.29) is 32.3 Å². The maximum Gasteiger partial charge on any atom is 0.306 e. The van der Waals surface area contributed by atoms with Crippen LogP contribution in [0.15, 0.2) is 60.8 Å². The van der Waals surface area contributed by atoms with Crippen molar-refractivity contribution in [2.45, 2.75) is 199 Å². The molecule has 0 amide bonds. The molecule has 0 bridgehead atoms. The van der Waals surface area contributed by atoms with Gasteiger partial charge in [0.1, 0.15) is 19.8 Å². The molecule has 0 aromatic rings. The van der Waals surface area contributed by atoms with Gasteiger partial charge in [-0.2, -0.15) is 0 Å². The Hall–Kier alpha value is -2.37. The summed E-state index contributed by atoms with van der Waals surface area (Å²) < 4.78 is 33.8. The summed E-state index contributed by atoms with van der Waals surface area (Å²) in [6.45, 7) is 3.83. The number of likely N-dealkylation sites (N-methyl/N-ethyl adjacent to an activating group) is 1. The van der Waals surface area contributed by atoms with E-state index >= 15 is 0 Å². The van der Waals surface area contributed by atoms with Gasteiger partial charge in [-0.15, -0.1) is 0 Å². The van der Waals surface area contributed by atoms with Gasteiger partial charge in [0.05, 0.1) is 40.0 Å². The first-order chi connectivity index (χ1) is 29.8. The van der Waals surface area contributed by atoms with E-state index in [0.717, 1.165) is 51.4 Å². The molecule has 4 atom stereocenters. The van der Waals surface area contributed by atoms with Crippen LogP contribution in [0.25, 0.3) is 0 Å². The molecule has 0 aromatic carbocycles. The van der Waals surface area contributed by atoms with Gasteiger partial charge < -0.3 is 38.1 Å². The van der Waals surface area contributed by atoms with Crippen molar-refractivity contribution in [1.29, 1.82) is 0 Å². The van der Waals surface area contributed by atoms with E-state index in [4.69, 9.17) is 18.5 Å². The van der Waals surface area contributed by atoms with Crippen LogP contribution in [-0.4, -0.2) is 92.5 Å². The Bertz CT molecular complexity index is 1270. The third-order valence-electron chi connectivity index (χ3n) is 10.2. The van der Waals surface area contributed by atoms with Crippen molar-refractivity contribution in [3.8, 4) is 0 Å². The molecule has 0 heterocycles. The first-order valence-electron chi connectivity index (χ1n) is 24.2. The lowest BCUT2D eigenvalue weighted by Gasteiger charge is -2.28. The number of carbonyl (C=O) groups is 2. The van der Waals surface area contributed by atoms with Crippen LogP contribution in [0.1, 0.15) is 181 Å². The zero-order valence-electron chi connectivity index (χ0n) is 39.8. The van der Waals surface area contributed by atoms with Gasteiger partial charge in [0, 0.05) is 12.8 Å². The monoisotopic (exact) mass is 896 g/mol. The fourth-order valence-corrected chi connectivity index (χ4v) is 6.99. The van der Waals surface area contributed by atoms with Gasteiger partial charge in [-0.3, -0.25) is 14.2 Å². The van der Waals surface area contributed by atoms with Crippen LogP contribution in [-0.2, 0) is 32.7 Å². The summed E-state index contributed by atoms with van der Waals surface area (Å²) in [4.78, 5) is 37.7. The van der Waals surface area contributed by atoms with Crippen molar-refractivity contribution in [3.63, 3.8) is 0 Å². The molecule has 3 unspecified atom stereocenters. The van der Waals surface area contributed by atoms with E-state index in [9.17, 15) is 29.3 Å². The summed E-state index contributed by atoms with van der Waals surface area (Å²) in [6, 6.07) is 0. The van der Waals surface area contributed by atoms with E-state index < -0.39 is 51.3 Å². The van der Waals surface area contributed by atoms with E-state index in [1.807, 2.05) is 33.3 Å². The van der Waals surface area contributed by atoms with Crippen LogP contribution in [0.2, 0.25) is 0 Å². The Morgan fingerprint density at radius 3 is 1.58 bits per heavy atom. The van der Waals surface area contributed by atoms with Crippen molar-refractivity contribution in [2.75, 3.05) is 47.5 Å². The molecule has 12 heteroatoms. The third-order valence-corrected chi connectivity index (χ3v) is 11.2. The molecule has 0 saturated heterocycles. The molecule has 0 radical (unpaired) electrons. The minimum atomic E-state index is -4.70. The highest BCUT2D eigenvalue weighted by molar-refractivity contribution is 7.45. The van der Waals surface area contributed by atoms with Crippen molar-refractivity contribution < 1.29 is 52.3 Å². The maximum atomic E-state index is 12.7. The number of hydrogen-bond donors (Lipinski definition) is 2. The number of carbonyl (C=O) groups excluding carboxylic acids is 2. The second kappa shape index (κ2) is 41.3. The Morgan fingerprint density at radius 1 is 0.581 bits per heavy atom. The minimum absolute atomic E-state index is 0.0398. The average molecular weight is 896 g/mol. The molecule has 2 N–H and O–H groups in total. The van der Waals surface area contributed by atoms with E-state index in [0.29, 0.717) is 23.9 Å². The van der Waals surface area contributed by atoms with E-state index in [2.05, 4.69) is 62.5 Å². The smallest absolute Gasteiger partial charge is 0.306 e. The molecule has 11 nitrogen and oxygen atoms in total. The summed E-state index contributed by atoms with van der Waals surface area (Å²) >= 11 is 0. The Labute approximate surface area is 378 Å². The lowest BCUT2D eigenvalue weighted by molar-refractivity contribution is -0.870. The van der Waals surface area contributed by atoms with Gasteiger partial charge in [-0.1, -0.05) is 145 Å². The molecule has 0 spiro atoms. The molecule has 0 rings (SSSR count). The Balaban J connectivity index is 4.53. The Kier molecular flexibility index (Phi) is 39.8. The second-order valence-electron chi connectivity index (χ2n) is 17.4. The van der Waals surface area contributed by atoms with Gasteiger partial charge in [-0.05, 0) is 83.5 Å². The molecule has 0 aliphatic rings. The van der Waals surface area contributed by atoms with Crippen LogP contribution in [0.5, 0.6) is 0 Å². The predicted molar refractivity (Wildman–Crippen MR) is 252 cm³/mol. The number of quaternary nitrogens is 1. The van der Waals surface area contributed by atoms with Crippen LogP contribution >= 0.6 is 7.82 Å². The molecule has 0 aliphatic carbocycles. The third kappa shape index (κ3) is 42.9. The standard InChI is InChI=1S/C50H90NO10P/c1-6-8-10-12-14-16-18-20-21-22-23-24-25-26-28-30-32-34-36-40-50(55)61-46(45-60-62(56,57)59-43-42-51(3,4)5)44-58-49(54)41-37-39-48(53)47(52)38-35-33-31-29-27-19-17-15-13-11-9-7-2/h14-17,20-21,27,29,33,35,46-48,52-53H,6-13,18-19,22-26,28,30-32,34,36-45H2,1-5H3/b16-14-,17-15-,21-20-,29-27-,35-33-/t46-,47?,48?/m1/s1. The highest BCUT2D eigenvalue weighted by atomic mass is 31.2. The molecule has 0 saturated carbocycles. The molecule has 0 fully saturated rings. The summed E-state index contributed by atoms with van der Waals surface area (Å²) in [7, 11) is 1.00. The first kappa shape index (κ1) is 59.6. The van der Waals surface area contributed by atoms with Gasteiger partial charge in [0.25, 0.3) is 7.82 Å². The van der Waals surface area contributed by atoms with E-state index in [1.54, 1.807) is 0 Å². The highest BCUT2D eigenvalue weighted by Crippen LogP contribution is 2.38. The zero-order valence-corrected chi connectivity index (χ0v) is 40.7. The number of phosphoric acid groups is 1. The summed E-state index contributed by atoms with van der Waals surface area (Å²) in [5.74, 6) is -1.13. The molecule has 0 aliphatic heterocycles. The summed E-state index contributed by atoms with van der Waals surface area (Å²) in [5, 5.41) is 20.8. The number of aliphatic hydroxyl groups is 2. The fourth-order valence-electron chi connectivity index (χ4n) is 6.26. The van der Waals surface area contributed by atoms with Crippen molar-refractivity contribution in [2.24, 2.45) is 0 Å². The van der Waals surface area contributed by atoms with Crippen LogP contribution < -0.4 is 4.89 Å². The summed E-state index contributed by atoms with van der Waals surface area (Å²) in [6.07, 6.45) is 42.7. The number of hydrogen-bond acceptors (Lipinski definition) is 10. The predicted octanol–water partition coefficient (Wildman–Crippen LogP) is 11.3. The van der Waals surface area contributed by atoms with Crippen LogP contribution in [0, 0.1) is 0 Å². The second-order valence-corrected chi connectivity index (χ2v) is 18.8. The van der Waals surface area contributed by atoms with Gasteiger partial charge in [0.2, 0.25) is 0 Å². The molecular weight excluding hydrogens is 806 g/mol. The van der Waals surface area contributed by atoms with Gasteiger partial charge >= 0.3 is 11.9 Å². The number of aliphatic hydroxyl groups excluding tert-OH is 2. The molecule has 360 valence electrons. The number of unbranched alkanes of at least 4 members (excludes halogenated alkanes) is 15. The average Bonchev–Trinajstić information content (AvgIpc) is 3.22. The number of phosphoric ester groups is 1. The zero-order chi connectivity index (χ0) is 46.0. The Morgan fingerprint density at radius 2 is 1.05 bits per heavy atom. The molecule has 62 heavy (non-hydrogen) atoms. The van der Waals surface area contributed by atoms with E-state index in [1.165, 1.54) is 77.0 Å². The largest absolute Gasteiger partial charge is 0.756 e. The number of rotatable bonds is 43. The lowest BCUT2D eigenvalue weighted by atomic mass is 10.0. The summed E-state index contributed by atoms with van der Waals surface area (Å²) in [5.41, 5.74) is 0. The molecule has 0 aromatic heterocycles. The van der Waals surface area contributed by atoms with Gasteiger partial charge in [-0.25, -0.2) is 0 Å². The fraction of sp³-hybridized carbons (Fsp3) is 0.760. The number of esters is 2. The first-order valence-corrected chi connectivity index (χ1v) is 25.6. The lowest BCUT2D eigenvalue weighted by Crippen LogP contribution is -2.37.